The van der Waals surface area contributed by atoms with Crippen molar-refractivity contribution in [2.24, 2.45) is 0 Å². The zero-order chi connectivity index (χ0) is 14.1. The average Bonchev–Trinajstić information content (AvgIpc) is 2.94. The van der Waals surface area contributed by atoms with E-state index in [4.69, 9.17) is 0 Å². The molecule has 1 fully saturated rings. The van der Waals surface area contributed by atoms with Crippen molar-refractivity contribution < 1.29 is 10.0 Å². The molecule has 1 aliphatic heterocycles. The minimum absolute atomic E-state index is 0.0201. The van der Waals surface area contributed by atoms with E-state index in [9.17, 15) is 15.2 Å². The third-order valence-corrected chi connectivity index (χ3v) is 4.58. The van der Waals surface area contributed by atoms with Gasteiger partial charge in [0.1, 0.15) is 5.69 Å². The second-order valence-electron chi connectivity index (χ2n) is 4.92. The number of fused-ring (bicyclic) bond motifs is 1. The summed E-state index contributed by atoms with van der Waals surface area (Å²) in [5.74, 6) is 0. The standard InChI is InChI=1S/C13H15N3O3S/c17-7-9-3-1-2-6-15(9)10-4-5-11-12(14-8-20-11)13(10)16(18)19/h4-5,8-9,17H,1-3,6-7H2. The molecule has 1 saturated heterocycles. The van der Waals surface area contributed by atoms with Gasteiger partial charge in [-0.25, -0.2) is 4.98 Å². The van der Waals surface area contributed by atoms with Gasteiger partial charge in [-0.3, -0.25) is 10.1 Å². The smallest absolute Gasteiger partial charge is 0.319 e. The third kappa shape index (κ3) is 2.12. The topological polar surface area (TPSA) is 79.5 Å². The van der Waals surface area contributed by atoms with Crippen LogP contribution in [0.25, 0.3) is 10.2 Å². The van der Waals surface area contributed by atoms with E-state index in [-0.39, 0.29) is 23.3 Å². The lowest BCUT2D eigenvalue weighted by Crippen LogP contribution is -2.42. The van der Waals surface area contributed by atoms with E-state index >= 15 is 0 Å². The number of nitro groups is 1. The van der Waals surface area contributed by atoms with Crippen molar-refractivity contribution >= 4 is 32.9 Å². The first-order chi connectivity index (χ1) is 9.72. The van der Waals surface area contributed by atoms with Crippen molar-refractivity contribution in [3.8, 4) is 0 Å². The van der Waals surface area contributed by atoms with Crippen LogP contribution in [0.15, 0.2) is 17.6 Å². The van der Waals surface area contributed by atoms with Crippen molar-refractivity contribution in [2.75, 3.05) is 18.1 Å². The van der Waals surface area contributed by atoms with E-state index in [1.54, 1.807) is 11.6 Å². The molecule has 0 radical (unpaired) electrons. The molecule has 0 saturated carbocycles. The lowest BCUT2D eigenvalue weighted by molar-refractivity contribution is -0.382. The molecule has 1 aliphatic rings. The first-order valence-electron chi connectivity index (χ1n) is 6.60. The molecule has 0 aliphatic carbocycles. The van der Waals surface area contributed by atoms with Gasteiger partial charge < -0.3 is 10.0 Å². The summed E-state index contributed by atoms with van der Waals surface area (Å²) in [4.78, 5) is 17.2. The maximum atomic E-state index is 11.5. The number of hydrogen-bond donors (Lipinski definition) is 1. The van der Waals surface area contributed by atoms with Gasteiger partial charge >= 0.3 is 5.69 Å². The molecule has 0 bridgehead atoms. The van der Waals surface area contributed by atoms with E-state index in [0.717, 1.165) is 30.5 Å². The maximum absolute atomic E-state index is 11.5. The van der Waals surface area contributed by atoms with E-state index in [1.807, 2.05) is 11.0 Å². The summed E-state index contributed by atoms with van der Waals surface area (Å²) >= 11 is 1.40. The Balaban J connectivity index is 2.14. The molecule has 6 nitrogen and oxygen atoms in total. The number of anilines is 1. The van der Waals surface area contributed by atoms with Crippen LogP contribution in [0.1, 0.15) is 19.3 Å². The summed E-state index contributed by atoms with van der Waals surface area (Å²) in [5, 5.41) is 21.0. The Bertz CT molecular complexity index is 643. The fourth-order valence-corrected chi connectivity index (χ4v) is 3.50. The van der Waals surface area contributed by atoms with Crippen LogP contribution in [0.5, 0.6) is 0 Å². The predicted octanol–water partition coefficient (Wildman–Crippen LogP) is 2.56. The Kier molecular flexibility index (Phi) is 3.54. The van der Waals surface area contributed by atoms with Crippen molar-refractivity contribution in [1.29, 1.82) is 0 Å². The number of piperidine rings is 1. The third-order valence-electron chi connectivity index (χ3n) is 3.78. The minimum Gasteiger partial charge on any atom is -0.394 e. The van der Waals surface area contributed by atoms with Crippen LogP contribution in [0.3, 0.4) is 0 Å². The van der Waals surface area contributed by atoms with Crippen LogP contribution in [-0.2, 0) is 0 Å². The van der Waals surface area contributed by atoms with E-state index in [1.165, 1.54) is 11.3 Å². The highest BCUT2D eigenvalue weighted by atomic mass is 32.1. The molecule has 1 aromatic heterocycles. The number of nitrogens with zero attached hydrogens (tertiary/aromatic N) is 3. The Morgan fingerprint density at radius 1 is 1.50 bits per heavy atom. The van der Waals surface area contributed by atoms with Crippen molar-refractivity contribution in [3.63, 3.8) is 0 Å². The highest BCUT2D eigenvalue weighted by molar-refractivity contribution is 7.16. The fourth-order valence-electron chi connectivity index (χ4n) is 2.83. The Morgan fingerprint density at radius 2 is 2.35 bits per heavy atom. The number of benzene rings is 1. The zero-order valence-electron chi connectivity index (χ0n) is 10.9. The molecule has 20 heavy (non-hydrogen) atoms. The zero-order valence-corrected chi connectivity index (χ0v) is 11.7. The van der Waals surface area contributed by atoms with Gasteiger partial charge in [-0.05, 0) is 31.4 Å². The van der Waals surface area contributed by atoms with Gasteiger partial charge in [-0.1, -0.05) is 0 Å². The Morgan fingerprint density at radius 3 is 3.10 bits per heavy atom. The number of aliphatic hydroxyl groups excluding tert-OH is 1. The van der Waals surface area contributed by atoms with Crippen LogP contribution < -0.4 is 4.90 Å². The van der Waals surface area contributed by atoms with Gasteiger partial charge in [0.25, 0.3) is 0 Å². The first kappa shape index (κ1) is 13.3. The van der Waals surface area contributed by atoms with Crippen LogP contribution in [0.2, 0.25) is 0 Å². The summed E-state index contributed by atoms with van der Waals surface area (Å²) in [7, 11) is 0. The molecular formula is C13H15N3O3S. The van der Waals surface area contributed by atoms with Gasteiger partial charge in [-0.15, -0.1) is 11.3 Å². The molecule has 0 amide bonds. The molecular weight excluding hydrogens is 278 g/mol. The van der Waals surface area contributed by atoms with Crippen LogP contribution >= 0.6 is 11.3 Å². The molecule has 1 unspecified atom stereocenters. The fraction of sp³-hybridized carbons (Fsp3) is 0.462. The Hall–Kier alpha value is -1.73. The quantitative estimate of drug-likeness (QED) is 0.695. The summed E-state index contributed by atoms with van der Waals surface area (Å²) in [6.07, 6.45) is 2.90. The number of rotatable bonds is 3. The molecule has 2 aromatic rings. The molecule has 106 valence electrons. The van der Waals surface area contributed by atoms with Gasteiger partial charge in [0, 0.05) is 6.54 Å². The van der Waals surface area contributed by atoms with Crippen molar-refractivity contribution in [2.45, 2.75) is 25.3 Å². The highest BCUT2D eigenvalue weighted by Gasteiger charge is 2.30. The first-order valence-corrected chi connectivity index (χ1v) is 7.48. The molecule has 1 N–H and O–H groups in total. The Labute approximate surface area is 119 Å². The van der Waals surface area contributed by atoms with Gasteiger partial charge in [-0.2, -0.15) is 0 Å². The number of nitro benzene ring substituents is 1. The lowest BCUT2D eigenvalue weighted by Gasteiger charge is -2.36. The molecule has 1 atom stereocenters. The number of thiazole rings is 1. The number of aromatic nitrogens is 1. The van der Waals surface area contributed by atoms with Gasteiger partial charge in [0.05, 0.1) is 27.8 Å². The molecule has 0 spiro atoms. The average molecular weight is 293 g/mol. The molecule has 1 aromatic carbocycles. The van der Waals surface area contributed by atoms with Gasteiger partial charge in [0.15, 0.2) is 5.52 Å². The second kappa shape index (κ2) is 5.34. The summed E-state index contributed by atoms with van der Waals surface area (Å²) in [5.41, 5.74) is 2.71. The van der Waals surface area contributed by atoms with Crippen LogP contribution in [-0.4, -0.2) is 34.2 Å². The van der Waals surface area contributed by atoms with E-state index in [2.05, 4.69) is 4.98 Å². The van der Waals surface area contributed by atoms with Crippen molar-refractivity contribution in [1.82, 2.24) is 4.98 Å². The second-order valence-corrected chi connectivity index (χ2v) is 5.80. The van der Waals surface area contributed by atoms with Crippen LogP contribution in [0.4, 0.5) is 11.4 Å². The monoisotopic (exact) mass is 293 g/mol. The molecule has 7 heteroatoms. The summed E-state index contributed by atoms with van der Waals surface area (Å²) in [6.45, 7) is 0.758. The SMILES string of the molecule is O=[N+]([O-])c1c(N2CCCCC2CO)ccc2scnc12. The molecule has 3 rings (SSSR count). The molecule has 2 heterocycles. The van der Waals surface area contributed by atoms with Crippen LogP contribution in [0, 0.1) is 10.1 Å². The number of aliphatic hydroxyl groups is 1. The summed E-state index contributed by atoms with van der Waals surface area (Å²) < 4.78 is 0.818. The number of hydrogen-bond acceptors (Lipinski definition) is 6. The lowest BCUT2D eigenvalue weighted by atomic mass is 10.0. The maximum Gasteiger partial charge on any atom is 0.319 e. The normalized spacial score (nSPS) is 19.4. The largest absolute Gasteiger partial charge is 0.394 e. The highest BCUT2D eigenvalue weighted by Crippen LogP contribution is 2.38. The summed E-state index contributed by atoms with van der Waals surface area (Å²) in [6, 6.07) is 3.61. The van der Waals surface area contributed by atoms with E-state index in [0.29, 0.717) is 11.2 Å². The van der Waals surface area contributed by atoms with Crippen molar-refractivity contribution in [3.05, 3.63) is 27.8 Å². The minimum atomic E-state index is -0.361. The predicted molar refractivity (Wildman–Crippen MR) is 78.3 cm³/mol. The van der Waals surface area contributed by atoms with E-state index < -0.39 is 0 Å². The van der Waals surface area contributed by atoms with Gasteiger partial charge in [0.2, 0.25) is 0 Å².